The molecular formula is C28H21N7O. The third kappa shape index (κ3) is 3.51. The van der Waals surface area contributed by atoms with Crippen molar-refractivity contribution in [3.05, 3.63) is 78.9 Å². The molecule has 0 unspecified atom stereocenters. The van der Waals surface area contributed by atoms with E-state index in [2.05, 4.69) is 54.7 Å². The fourth-order valence-corrected chi connectivity index (χ4v) is 4.87. The molecule has 7 rings (SSSR count). The third-order valence-corrected chi connectivity index (χ3v) is 6.64. The molecule has 3 N–H and O–H groups in total. The number of imidazole rings is 1. The van der Waals surface area contributed by atoms with Gasteiger partial charge in [-0.1, -0.05) is 30.3 Å². The summed E-state index contributed by atoms with van der Waals surface area (Å²) in [6.07, 6.45) is 9.09. The summed E-state index contributed by atoms with van der Waals surface area (Å²) in [6, 6.07) is 16.4. The Morgan fingerprint density at radius 3 is 2.72 bits per heavy atom. The molecule has 174 valence electrons. The zero-order valence-electron chi connectivity index (χ0n) is 19.2. The van der Waals surface area contributed by atoms with Gasteiger partial charge in [0.05, 0.1) is 34.6 Å². The molecule has 5 heterocycles. The lowest BCUT2D eigenvalue weighted by atomic mass is 10.0. The summed E-state index contributed by atoms with van der Waals surface area (Å²) in [6.45, 7) is 0. The Hall–Kier alpha value is -4.85. The van der Waals surface area contributed by atoms with E-state index in [0.717, 1.165) is 62.7 Å². The number of rotatable bonds is 0. The molecule has 36 heavy (non-hydrogen) atoms. The van der Waals surface area contributed by atoms with Gasteiger partial charge < -0.3 is 10.3 Å². The summed E-state index contributed by atoms with van der Waals surface area (Å²) < 4.78 is 0. The molecule has 8 nitrogen and oxygen atoms in total. The van der Waals surface area contributed by atoms with Crippen LogP contribution in [-0.2, 0) is 11.2 Å². The van der Waals surface area contributed by atoms with Crippen molar-refractivity contribution in [1.29, 1.82) is 0 Å². The van der Waals surface area contributed by atoms with Crippen molar-refractivity contribution in [3.63, 3.8) is 0 Å². The maximum Gasteiger partial charge on any atom is 0.224 e. The zero-order chi connectivity index (χ0) is 24.1. The number of hydrogen-bond acceptors (Lipinski definition) is 5. The van der Waals surface area contributed by atoms with E-state index in [9.17, 15) is 4.79 Å². The van der Waals surface area contributed by atoms with Gasteiger partial charge in [0.25, 0.3) is 0 Å². The van der Waals surface area contributed by atoms with Gasteiger partial charge in [-0.15, -0.1) is 0 Å². The molecule has 2 aromatic carbocycles. The molecule has 4 aromatic heterocycles. The van der Waals surface area contributed by atoms with Crippen LogP contribution in [0, 0.1) is 0 Å². The van der Waals surface area contributed by atoms with Crippen LogP contribution < -0.4 is 5.32 Å². The standard InChI is InChI=1S/C28H21N7O/c36-25-6-2-4-16-3-1-5-18(9-16)22-14-30-15-24-26(22)33-28(32-24)27-21-11-17(7-8-23(21)34-35-27)19-10-20(31-25)13-29-12-19/h1,3,5,7-15H,2,4,6H2,(H,31,36)(H,32,33)(H,34,35). The van der Waals surface area contributed by atoms with Crippen molar-refractivity contribution >= 4 is 33.5 Å². The summed E-state index contributed by atoms with van der Waals surface area (Å²) >= 11 is 0. The van der Waals surface area contributed by atoms with Crippen LogP contribution in [0.4, 0.5) is 5.69 Å². The molecule has 0 saturated carbocycles. The van der Waals surface area contributed by atoms with E-state index in [1.54, 1.807) is 18.6 Å². The number of aromatic amines is 2. The van der Waals surface area contributed by atoms with E-state index >= 15 is 0 Å². The number of benzene rings is 2. The maximum atomic E-state index is 12.6. The maximum absolute atomic E-state index is 12.6. The highest BCUT2D eigenvalue weighted by Gasteiger charge is 2.17. The molecule has 1 amide bonds. The first-order chi connectivity index (χ1) is 17.7. The third-order valence-electron chi connectivity index (χ3n) is 6.64. The van der Waals surface area contributed by atoms with Gasteiger partial charge in [0.2, 0.25) is 5.91 Å². The number of carbonyl (C=O) groups is 1. The summed E-state index contributed by atoms with van der Waals surface area (Å²) in [5.74, 6) is 0.657. The number of hydrogen-bond donors (Lipinski definition) is 3. The number of anilines is 1. The van der Waals surface area contributed by atoms with Crippen LogP contribution in [0.25, 0.3) is 55.7 Å². The van der Waals surface area contributed by atoms with E-state index in [4.69, 9.17) is 4.98 Å². The minimum absolute atomic E-state index is 0.0201. The lowest BCUT2D eigenvalue weighted by Crippen LogP contribution is -2.11. The second-order valence-corrected chi connectivity index (χ2v) is 9.07. The van der Waals surface area contributed by atoms with Crippen LogP contribution in [0.1, 0.15) is 18.4 Å². The van der Waals surface area contributed by atoms with E-state index in [0.29, 0.717) is 17.9 Å². The summed E-state index contributed by atoms with van der Waals surface area (Å²) in [5, 5.41) is 11.6. The van der Waals surface area contributed by atoms with Gasteiger partial charge in [0, 0.05) is 35.3 Å². The Balaban J connectivity index is 1.45. The number of carbonyl (C=O) groups excluding carboxylic acids is 1. The highest BCUT2D eigenvalue weighted by molar-refractivity contribution is 5.98. The van der Waals surface area contributed by atoms with Crippen molar-refractivity contribution < 1.29 is 4.79 Å². The van der Waals surface area contributed by atoms with Gasteiger partial charge in [-0.25, -0.2) is 4.98 Å². The van der Waals surface area contributed by atoms with Crippen molar-refractivity contribution in [3.8, 4) is 33.8 Å². The Morgan fingerprint density at radius 2 is 1.75 bits per heavy atom. The highest BCUT2D eigenvalue weighted by Crippen LogP contribution is 2.33. The van der Waals surface area contributed by atoms with Crippen molar-refractivity contribution in [2.45, 2.75) is 19.3 Å². The Labute approximate surface area is 205 Å². The number of H-pyrrole nitrogens is 2. The first-order valence-corrected chi connectivity index (χ1v) is 11.9. The lowest BCUT2D eigenvalue weighted by Gasteiger charge is -2.08. The molecular weight excluding hydrogens is 450 g/mol. The van der Waals surface area contributed by atoms with Gasteiger partial charge in [-0.3, -0.25) is 19.9 Å². The predicted molar refractivity (Wildman–Crippen MR) is 139 cm³/mol. The number of nitrogens with one attached hydrogen (secondary N) is 3. The number of amides is 1. The van der Waals surface area contributed by atoms with Gasteiger partial charge in [0.15, 0.2) is 5.82 Å². The number of pyridine rings is 2. The Morgan fingerprint density at radius 1 is 0.806 bits per heavy atom. The molecule has 1 aliphatic heterocycles. The monoisotopic (exact) mass is 471 g/mol. The summed E-state index contributed by atoms with van der Waals surface area (Å²) in [5.41, 5.74) is 9.06. The van der Waals surface area contributed by atoms with Crippen LogP contribution in [-0.4, -0.2) is 36.0 Å². The van der Waals surface area contributed by atoms with Gasteiger partial charge in [0.1, 0.15) is 5.69 Å². The van der Waals surface area contributed by atoms with Gasteiger partial charge in [-0.2, -0.15) is 5.10 Å². The molecule has 0 atom stereocenters. The fraction of sp³-hybridized carbons (Fsp3) is 0.107. The molecule has 0 spiro atoms. The second-order valence-electron chi connectivity index (χ2n) is 9.07. The van der Waals surface area contributed by atoms with Crippen molar-refractivity contribution in [1.82, 2.24) is 30.1 Å². The predicted octanol–water partition coefficient (Wildman–Crippen LogP) is 5.51. The minimum atomic E-state index is -0.0201. The fourth-order valence-electron chi connectivity index (χ4n) is 4.87. The Kier molecular flexibility index (Phi) is 4.63. The number of nitrogens with zero attached hydrogens (tertiary/aromatic N) is 4. The average molecular weight is 472 g/mol. The molecule has 0 radical (unpaired) electrons. The van der Waals surface area contributed by atoms with Crippen LogP contribution in [0.3, 0.4) is 0 Å². The van der Waals surface area contributed by atoms with Crippen LogP contribution in [0.2, 0.25) is 0 Å². The molecule has 0 saturated heterocycles. The number of aryl methyl sites for hydroxylation is 1. The molecule has 1 aliphatic rings. The normalized spacial score (nSPS) is 13.5. The SMILES string of the molecule is O=C1CCCc2cccc(c2)-c2cncc3[nH]c(nc23)-c2n[nH]c3ccc(cc23)-c2cncc(c2)N1. The smallest absolute Gasteiger partial charge is 0.224 e. The molecule has 8 bridgehead atoms. The number of fused-ring (bicyclic) bond motifs is 9. The van der Waals surface area contributed by atoms with E-state index in [-0.39, 0.29) is 5.91 Å². The Bertz CT molecular complexity index is 1780. The average Bonchev–Trinajstić information content (AvgIpc) is 3.52. The molecule has 0 aliphatic carbocycles. The number of aromatic nitrogens is 6. The summed E-state index contributed by atoms with van der Waals surface area (Å²) in [4.78, 5) is 29.8. The highest BCUT2D eigenvalue weighted by atomic mass is 16.1. The van der Waals surface area contributed by atoms with Crippen LogP contribution in [0.15, 0.2) is 73.3 Å². The molecule has 6 aromatic rings. The van der Waals surface area contributed by atoms with E-state index in [1.165, 1.54) is 5.56 Å². The largest absolute Gasteiger partial charge is 0.335 e. The summed E-state index contributed by atoms with van der Waals surface area (Å²) in [7, 11) is 0. The van der Waals surface area contributed by atoms with Crippen LogP contribution in [0.5, 0.6) is 0 Å². The first-order valence-electron chi connectivity index (χ1n) is 11.9. The first kappa shape index (κ1) is 20.5. The zero-order valence-corrected chi connectivity index (χ0v) is 19.2. The molecule has 8 heteroatoms. The van der Waals surface area contributed by atoms with E-state index in [1.807, 2.05) is 30.5 Å². The van der Waals surface area contributed by atoms with Gasteiger partial charge in [-0.05, 0) is 47.7 Å². The minimum Gasteiger partial charge on any atom is -0.335 e. The van der Waals surface area contributed by atoms with Gasteiger partial charge >= 0.3 is 0 Å². The topological polar surface area (TPSA) is 112 Å². The van der Waals surface area contributed by atoms with Crippen LogP contribution >= 0.6 is 0 Å². The molecule has 0 fully saturated rings. The van der Waals surface area contributed by atoms with Crippen molar-refractivity contribution in [2.24, 2.45) is 0 Å². The second kappa shape index (κ2) is 8.13. The quantitative estimate of drug-likeness (QED) is 0.271. The van der Waals surface area contributed by atoms with E-state index < -0.39 is 0 Å². The lowest BCUT2D eigenvalue weighted by molar-refractivity contribution is -0.116. The van der Waals surface area contributed by atoms with Crippen molar-refractivity contribution in [2.75, 3.05) is 5.32 Å².